The van der Waals surface area contributed by atoms with Gasteiger partial charge in [-0.1, -0.05) is 6.07 Å². The van der Waals surface area contributed by atoms with E-state index in [1.165, 1.54) is 35.9 Å². The van der Waals surface area contributed by atoms with Crippen LogP contribution in [0, 0.1) is 5.82 Å². The Kier molecular flexibility index (Phi) is 7.96. The highest BCUT2D eigenvalue weighted by molar-refractivity contribution is 7.89. The molecule has 2 N–H and O–H groups in total. The van der Waals surface area contributed by atoms with Gasteiger partial charge in [0.25, 0.3) is 0 Å². The molecule has 2 heterocycles. The lowest BCUT2D eigenvalue weighted by Crippen LogP contribution is -2.22. The molecule has 0 aliphatic heterocycles. The summed E-state index contributed by atoms with van der Waals surface area (Å²) in [5, 5.41) is 4.34. The second kappa shape index (κ2) is 11.1. The molecular formula is C22H21ClFN5O4S2. The van der Waals surface area contributed by atoms with Crippen LogP contribution in [0.3, 0.4) is 0 Å². The first-order valence-corrected chi connectivity index (χ1v) is 13.2. The number of alkyl halides is 1. The highest BCUT2D eigenvalue weighted by Gasteiger charge is 2.16. The first-order chi connectivity index (χ1) is 16.9. The molecule has 35 heavy (non-hydrogen) atoms. The van der Waals surface area contributed by atoms with E-state index in [0.29, 0.717) is 57.1 Å². The molecule has 0 aliphatic rings. The van der Waals surface area contributed by atoms with Crippen LogP contribution in [0.2, 0.25) is 0 Å². The third kappa shape index (κ3) is 6.14. The molecule has 2 aromatic heterocycles. The molecule has 0 spiro atoms. The molecule has 2 aromatic carbocycles. The first kappa shape index (κ1) is 25.0. The van der Waals surface area contributed by atoms with E-state index < -0.39 is 15.8 Å². The predicted octanol–water partition coefficient (Wildman–Crippen LogP) is 4.46. The number of anilines is 2. The van der Waals surface area contributed by atoms with Gasteiger partial charge in [-0.15, -0.1) is 22.9 Å². The molecule has 184 valence electrons. The van der Waals surface area contributed by atoms with Crippen molar-refractivity contribution in [2.75, 3.05) is 24.9 Å². The van der Waals surface area contributed by atoms with Gasteiger partial charge < -0.3 is 14.8 Å². The molecule has 9 nitrogen and oxygen atoms in total. The van der Waals surface area contributed by atoms with Crippen LogP contribution in [0.1, 0.15) is 11.3 Å². The van der Waals surface area contributed by atoms with E-state index in [0.717, 1.165) is 6.07 Å². The van der Waals surface area contributed by atoms with Gasteiger partial charge in [0.05, 0.1) is 24.1 Å². The summed E-state index contributed by atoms with van der Waals surface area (Å²) in [5.74, 6) is 1.45. The maximum Gasteiger partial charge on any atom is 0.241 e. The first-order valence-electron chi connectivity index (χ1n) is 10.4. The Morgan fingerprint density at radius 3 is 2.77 bits per heavy atom. The van der Waals surface area contributed by atoms with Gasteiger partial charge in [0.15, 0.2) is 16.6 Å². The minimum Gasteiger partial charge on any atom is -0.493 e. The third-order valence-corrected chi connectivity index (χ3v) is 7.36. The van der Waals surface area contributed by atoms with E-state index in [1.807, 2.05) is 0 Å². The lowest BCUT2D eigenvalue weighted by atomic mass is 10.2. The number of fused-ring (bicyclic) bond motifs is 1. The molecule has 0 radical (unpaired) electrons. The summed E-state index contributed by atoms with van der Waals surface area (Å²) < 4.78 is 51.9. The van der Waals surface area contributed by atoms with Gasteiger partial charge in [0.2, 0.25) is 10.0 Å². The zero-order valence-electron chi connectivity index (χ0n) is 18.5. The van der Waals surface area contributed by atoms with Crippen molar-refractivity contribution in [2.24, 2.45) is 0 Å². The van der Waals surface area contributed by atoms with Crippen molar-refractivity contribution in [1.29, 1.82) is 0 Å². The standard InChI is InChI=1S/C22H21ClFN5O4S2/c1-32-19-9-17-18(10-20(19)33-7-3-6-23)26-13-27-21(17)29-22-25-11-15(34-22)12-28-35(30,31)16-5-2-4-14(24)8-16/h2,4-5,8-11,13,28H,3,6-7,12H2,1H3,(H,25,26,27,29). The van der Waals surface area contributed by atoms with Gasteiger partial charge in [0.1, 0.15) is 18.0 Å². The van der Waals surface area contributed by atoms with E-state index in [2.05, 4.69) is 25.0 Å². The zero-order valence-corrected chi connectivity index (χ0v) is 20.9. The number of ether oxygens (including phenoxy) is 2. The Balaban J connectivity index is 1.49. The molecule has 0 bridgehead atoms. The molecule has 0 atom stereocenters. The van der Waals surface area contributed by atoms with Gasteiger partial charge in [-0.2, -0.15) is 0 Å². The zero-order chi connectivity index (χ0) is 24.8. The van der Waals surface area contributed by atoms with Crippen LogP contribution < -0.4 is 19.5 Å². The summed E-state index contributed by atoms with van der Waals surface area (Å²) in [6.07, 6.45) is 3.67. The fourth-order valence-electron chi connectivity index (χ4n) is 3.10. The second-order valence-corrected chi connectivity index (χ2v) is 10.4. The normalized spacial score (nSPS) is 11.5. The number of sulfonamides is 1. The summed E-state index contributed by atoms with van der Waals surface area (Å²) >= 11 is 6.97. The summed E-state index contributed by atoms with van der Waals surface area (Å²) in [5.41, 5.74) is 0.642. The number of methoxy groups -OCH3 is 1. The Labute approximate surface area is 210 Å². The number of benzene rings is 2. The van der Waals surface area contributed by atoms with Crippen molar-refractivity contribution >= 4 is 54.8 Å². The Bertz CT molecular complexity index is 1430. The monoisotopic (exact) mass is 537 g/mol. The maximum absolute atomic E-state index is 13.4. The summed E-state index contributed by atoms with van der Waals surface area (Å²) in [6, 6.07) is 8.36. The fraction of sp³-hybridized carbons (Fsp3) is 0.227. The molecule has 0 saturated carbocycles. The van der Waals surface area contributed by atoms with Crippen molar-refractivity contribution in [3.8, 4) is 11.5 Å². The van der Waals surface area contributed by atoms with Crippen LogP contribution in [0.15, 0.2) is 53.8 Å². The van der Waals surface area contributed by atoms with Gasteiger partial charge in [-0.05, 0) is 30.7 Å². The van der Waals surface area contributed by atoms with Crippen LogP contribution in [0.25, 0.3) is 10.9 Å². The highest BCUT2D eigenvalue weighted by atomic mass is 35.5. The van der Waals surface area contributed by atoms with Crippen LogP contribution >= 0.6 is 22.9 Å². The lowest BCUT2D eigenvalue weighted by molar-refractivity contribution is 0.295. The minimum absolute atomic E-state index is 0.000458. The molecule has 0 unspecified atom stereocenters. The van der Waals surface area contributed by atoms with Gasteiger partial charge >= 0.3 is 0 Å². The quantitative estimate of drug-likeness (QED) is 0.213. The predicted molar refractivity (Wildman–Crippen MR) is 133 cm³/mol. The maximum atomic E-state index is 13.4. The van der Waals surface area contributed by atoms with Crippen molar-refractivity contribution < 1.29 is 22.3 Å². The van der Waals surface area contributed by atoms with Crippen molar-refractivity contribution in [3.05, 3.63) is 59.6 Å². The van der Waals surface area contributed by atoms with Crippen LogP contribution in [0.4, 0.5) is 15.3 Å². The van der Waals surface area contributed by atoms with Crippen LogP contribution in [-0.4, -0.2) is 43.0 Å². The molecule has 4 aromatic rings. The molecule has 4 rings (SSSR count). The number of nitrogens with one attached hydrogen (secondary N) is 2. The minimum atomic E-state index is -3.87. The van der Waals surface area contributed by atoms with Crippen molar-refractivity contribution in [2.45, 2.75) is 17.9 Å². The SMILES string of the molecule is COc1cc2c(Nc3ncc(CNS(=O)(=O)c4cccc(F)c4)s3)ncnc2cc1OCCCCl. The van der Waals surface area contributed by atoms with E-state index in [4.69, 9.17) is 21.1 Å². The number of rotatable bonds is 11. The lowest BCUT2D eigenvalue weighted by Gasteiger charge is -2.13. The van der Waals surface area contributed by atoms with Gasteiger partial charge in [-0.3, -0.25) is 0 Å². The van der Waals surface area contributed by atoms with E-state index >= 15 is 0 Å². The average molecular weight is 538 g/mol. The fourth-order valence-corrected chi connectivity index (χ4v) is 5.09. The molecule has 0 saturated heterocycles. The third-order valence-electron chi connectivity index (χ3n) is 4.78. The van der Waals surface area contributed by atoms with Gasteiger partial charge in [-0.25, -0.2) is 32.5 Å². The van der Waals surface area contributed by atoms with Gasteiger partial charge in [0, 0.05) is 35.0 Å². The number of halogens is 2. The summed E-state index contributed by atoms with van der Waals surface area (Å²) in [4.78, 5) is 13.4. The molecule has 0 amide bonds. The van der Waals surface area contributed by atoms with E-state index in [1.54, 1.807) is 25.4 Å². The smallest absolute Gasteiger partial charge is 0.241 e. The molecule has 0 fully saturated rings. The van der Waals surface area contributed by atoms with Crippen molar-refractivity contribution in [3.63, 3.8) is 0 Å². The Morgan fingerprint density at radius 2 is 2.00 bits per heavy atom. The van der Waals surface area contributed by atoms with E-state index in [-0.39, 0.29) is 11.4 Å². The topological polar surface area (TPSA) is 115 Å². The average Bonchev–Trinajstić information content (AvgIpc) is 3.30. The number of aromatic nitrogens is 3. The van der Waals surface area contributed by atoms with Crippen LogP contribution in [-0.2, 0) is 16.6 Å². The number of hydrogen-bond acceptors (Lipinski definition) is 9. The number of hydrogen-bond donors (Lipinski definition) is 2. The summed E-state index contributed by atoms with van der Waals surface area (Å²) in [7, 11) is -2.32. The molecule has 13 heteroatoms. The molecular weight excluding hydrogens is 517 g/mol. The second-order valence-electron chi connectivity index (χ2n) is 7.17. The number of nitrogens with zero attached hydrogens (tertiary/aromatic N) is 3. The Hall–Kier alpha value is -3.06. The Morgan fingerprint density at radius 1 is 1.14 bits per heavy atom. The van der Waals surface area contributed by atoms with Crippen molar-refractivity contribution in [1.82, 2.24) is 19.7 Å². The highest BCUT2D eigenvalue weighted by Crippen LogP contribution is 2.35. The summed E-state index contributed by atoms with van der Waals surface area (Å²) in [6.45, 7) is 0.450. The van der Waals surface area contributed by atoms with Crippen LogP contribution in [0.5, 0.6) is 11.5 Å². The molecule has 0 aliphatic carbocycles. The van der Waals surface area contributed by atoms with E-state index in [9.17, 15) is 12.8 Å². The largest absolute Gasteiger partial charge is 0.493 e. The number of thiazole rings is 1.